The lowest BCUT2D eigenvalue weighted by molar-refractivity contribution is 0.0657. The van der Waals surface area contributed by atoms with E-state index in [1.165, 1.54) is 10.6 Å². The fourth-order valence-electron chi connectivity index (χ4n) is 3.00. The second-order valence-electron chi connectivity index (χ2n) is 5.82. The van der Waals surface area contributed by atoms with Crippen LogP contribution in [0.3, 0.4) is 0 Å². The summed E-state index contributed by atoms with van der Waals surface area (Å²) < 4.78 is 22.5. The van der Waals surface area contributed by atoms with Crippen molar-refractivity contribution in [3.63, 3.8) is 0 Å². The van der Waals surface area contributed by atoms with Gasteiger partial charge in [0, 0.05) is 13.2 Å². The Morgan fingerprint density at radius 2 is 2.12 bits per heavy atom. The van der Waals surface area contributed by atoms with Gasteiger partial charge in [-0.25, -0.2) is 14.1 Å². The van der Waals surface area contributed by atoms with E-state index in [1.54, 1.807) is 12.1 Å². The normalized spacial score (nSPS) is 15.9. The minimum absolute atomic E-state index is 0.175. The van der Waals surface area contributed by atoms with Crippen LogP contribution in [-0.4, -0.2) is 37.8 Å². The van der Waals surface area contributed by atoms with E-state index in [0.717, 1.165) is 19.0 Å². The SMILES string of the molecule is O=c1cnc2c(F)cccc2n1Cc1cn(C2CCOCC2)nn1. The summed E-state index contributed by atoms with van der Waals surface area (Å²) in [6, 6.07) is 4.83. The molecular formula is C16H16FN5O2. The first-order valence-electron chi connectivity index (χ1n) is 7.85. The first-order valence-corrected chi connectivity index (χ1v) is 7.85. The quantitative estimate of drug-likeness (QED) is 0.728. The Balaban J connectivity index is 1.67. The van der Waals surface area contributed by atoms with E-state index in [2.05, 4.69) is 15.3 Å². The number of nitrogens with zero attached hydrogens (tertiary/aromatic N) is 5. The molecular weight excluding hydrogens is 313 g/mol. The molecule has 3 heterocycles. The van der Waals surface area contributed by atoms with Crippen molar-refractivity contribution in [2.24, 2.45) is 0 Å². The molecule has 1 saturated heterocycles. The summed E-state index contributed by atoms with van der Waals surface area (Å²) in [6.07, 6.45) is 4.76. The average Bonchev–Trinajstić information content (AvgIpc) is 3.07. The number of aromatic nitrogens is 5. The van der Waals surface area contributed by atoms with Gasteiger partial charge in [0.05, 0.1) is 30.5 Å². The van der Waals surface area contributed by atoms with Gasteiger partial charge in [0.1, 0.15) is 11.2 Å². The molecule has 7 nitrogen and oxygen atoms in total. The van der Waals surface area contributed by atoms with Gasteiger partial charge in [-0.05, 0) is 25.0 Å². The lowest BCUT2D eigenvalue weighted by Crippen LogP contribution is -2.21. The molecule has 3 aromatic rings. The predicted octanol–water partition coefficient (Wildman–Crippen LogP) is 1.53. The lowest BCUT2D eigenvalue weighted by Gasteiger charge is -2.21. The molecule has 0 saturated carbocycles. The van der Waals surface area contributed by atoms with Crippen LogP contribution in [-0.2, 0) is 11.3 Å². The van der Waals surface area contributed by atoms with Gasteiger partial charge in [-0.2, -0.15) is 0 Å². The van der Waals surface area contributed by atoms with Gasteiger partial charge in [-0.3, -0.25) is 9.36 Å². The molecule has 124 valence electrons. The van der Waals surface area contributed by atoms with Crippen LogP contribution in [0.15, 0.2) is 35.4 Å². The van der Waals surface area contributed by atoms with Gasteiger partial charge in [-0.1, -0.05) is 11.3 Å². The molecule has 1 fully saturated rings. The third kappa shape index (κ3) is 2.69. The molecule has 1 aromatic carbocycles. The van der Waals surface area contributed by atoms with Crippen molar-refractivity contribution in [1.29, 1.82) is 0 Å². The maximum absolute atomic E-state index is 13.9. The number of fused-ring (bicyclic) bond motifs is 1. The number of hydrogen-bond acceptors (Lipinski definition) is 5. The Labute approximate surface area is 136 Å². The van der Waals surface area contributed by atoms with Crippen LogP contribution in [0, 0.1) is 5.82 Å². The summed E-state index contributed by atoms with van der Waals surface area (Å²) in [5.41, 5.74) is 0.978. The molecule has 0 radical (unpaired) electrons. The number of benzene rings is 1. The topological polar surface area (TPSA) is 74.8 Å². The van der Waals surface area contributed by atoms with Crippen LogP contribution < -0.4 is 5.56 Å². The largest absolute Gasteiger partial charge is 0.381 e. The number of rotatable bonds is 3. The number of hydrogen-bond donors (Lipinski definition) is 0. The van der Waals surface area contributed by atoms with Crippen molar-refractivity contribution in [1.82, 2.24) is 24.5 Å². The minimum Gasteiger partial charge on any atom is -0.381 e. The molecule has 0 amide bonds. The molecule has 4 rings (SSSR count). The van der Waals surface area contributed by atoms with Crippen molar-refractivity contribution in [2.75, 3.05) is 13.2 Å². The minimum atomic E-state index is -0.452. The van der Waals surface area contributed by atoms with Gasteiger partial charge in [-0.15, -0.1) is 5.10 Å². The number of para-hydroxylation sites is 1. The van der Waals surface area contributed by atoms with Crippen molar-refractivity contribution in [2.45, 2.75) is 25.4 Å². The Kier molecular flexibility index (Phi) is 3.81. The second-order valence-corrected chi connectivity index (χ2v) is 5.82. The molecule has 0 N–H and O–H groups in total. The Morgan fingerprint density at radius 3 is 2.96 bits per heavy atom. The summed E-state index contributed by atoms with van der Waals surface area (Å²) >= 11 is 0. The first kappa shape index (κ1) is 14.9. The highest BCUT2D eigenvalue weighted by molar-refractivity contribution is 5.75. The molecule has 0 bridgehead atoms. The van der Waals surface area contributed by atoms with E-state index in [0.29, 0.717) is 24.4 Å². The highest BCUT2D eigenvalue weighted by Crippen LogP contribution is 2.20. The van der Waals surface area contributed by atoms with E-state index in [9.17, 15) is 9.18 Å². The molecule has 8 heteroatoms. The standard InChI is InChI=1S/C16H16FN5O2/c17-13-2-1-3-14-16(13)18-8-15(23)21(14)9-11-10-22(20-19-11)12-4-6-24-7-5-12/h1-3,8,10,12H,4-7,9H2. The van der Waals surface area contributed by atoms with Crippen LogP contribution in [0.4, 0.5) is 4.39 Å². The Hall–Kier alpha value is -2.61. The van der Waals surface area contributed by atoms with E-state index < -0.39 is 5.82 Å². The molecule has 1 aliphatic rings. The fraction of sp³-hybridized carbons (Fsp3) is 0.375. The molecule has 2 aromatic heterocycles. The van der Waals surface area contributed by atoms with Gasteiger partial charge < -0.3 is 4.74 Å². The summed E-state index contributed by atoms with van der Waals surface area (Å²) in [5.74, 6) is -0.452. The van der Waals surface area contributed by atoms with Crippen LogP contribution in [0.2, 0.25) is 0 Å². The number of ether oxygens (including phenoxy) is 1. The molecule has 24 heavy (non-hydrogen) atoms. The Morgan fingerprint density at radius 1 is 1.29 bits per heavy atom. The first-order chi connectivity index (χ1) is 11.7. The van der Waals surface area contributed by atoms with Crippen LogP contribution in [0.5, 0.6) is 0 Å². The van der Waals surface area contributed by atoms with Crippen molar-refractivity contribution >= 4 is 11.0 Å². The van der Waals surface area contributed by atoms with Gasteiger partial charge in [0.25, 0.3) is 5.56 Å². The van der Waals surface area contributed by atoms with Gasteiger partial charge in [0.2, 0.25) is 0 Å². The second kappa shape index (κ2) is 6.12. The summed E-state index contributed by atoms with van der Waals surface area (Å²) in [6.45, 7) is 1.66. The van der Waals surface area contributed by atoms with Crippen molar-refractivity contribution in [3.05, 3.63) is 52.5 Å². The third-order valence-corrected chi connectivity index (χ3v) is 4.27. The van der Waals surface area contributed by atoms with Crippen LogP contribution in [0.1, 0.15) is 24.6 Å². The maximum Gasteiger partial charge on any atom is 0.269 e. The highest BCUT2D eigenvalue weighted by Gasteiger charge is 2.17. The smallest absolute Gasteiger partial charge is 0.269 e. The van der Waals surface area contributed by atoms with E-state index in [4.69, 9.17) is 4.74 Å². The summed E-state index contributed by atoms with van der Waals surface area (Å²) in [7, 11) is 0. The third-order valence-electron chi connectivity index (χ3n) is 4.27. The monoisotopic (exact) mass is 329 g/mol. The molecule has 0 atom stereocenters. The zero-order valence-electron chi connectivity index (χ0n) is 12.9. The molecule has 0 aliphatic carbocycles. The zero-order valence-corrected chi connectivity index (χ0v) is 12.9. The van der Waals surface area contributed by atoms with E-state index in [1.807, 2.05) is 10.9 Å². The number of halogens is 1. The maximum atomic E-state index is 13.9. The van der Waals surface area contributed by atoms with E-state index >= 15 is 0 Å². The highest BCUT2D eigenvalue weighted by atomic mass is 19.1. The fourth-order valence-corrected chi connectivity index (χ4v) is 3.00. The molecule has 1 aliphatic heterocycles. The van der Waals surface area contributed by atoms with Crippen molar-refractivity contribution < 1.29 is 9.13 Å². The van der Waals surface area contributed by atoms with Gasteiger partial charge >= 0.3 is 0 Å². The molecule has 0 unspecified atom stereocenters. The predicted molar refractivity (Wildman–Crippen MR) is 84.2 cm³/mol. The zero-order chi connectivity index (χ0) is 16.5. The van der Waals surface area contributed by atoms with Crippen molar-refractivity contribution in [3.8, 4) is 0 Å². The van der Waals surface area contributed by atoms with Crippen LogP contribution in [0.25, 0.3) is 11.0 Å². The summed E-state index contributed by atoms with van der Waals surface area (Å²) in [5, 5.41) is 8.32. The van der Waals surface area contributed by atoms with Gasteiger partial charge in [0.15, 0.2) is 5.82 Å². The average molecular weight is 329 g/mol. The Bertz CT molecular complexity index is 930. The van der Waals surface area contributed by atoms with E-state index in [-0.39, 0.29) is 23.7 Å². The molecule has 0 spiro atoms. The van der Waals surface area contributed by atoms with Crippen LogP contribution >= 0.6 is 0 Å². The lowest BCUT2D eigenvalue weighted by atomic mass is 10.1. The summed E-state index contributed by atoms with van der Waals surface area (Å²) in [4.78, 5) is 16.1.